The molecule has 38 heavy (non-hydrogen) atoms. The second kappa shape index (κ2) is 11.3. The summed E-state index contributed by atoms with van der Waals surface area (Å²) < 4.78 is 5.68. The summed E-state index contributed by atoms with van der Waals surface area (Å²) in [5, 5.41) is 19.5. The van der Waals surface area contributed by atoms with Crippen LogP contribution in [-0.2, 0) is 14.3 Å². The van der Waals surface area contributed by atoms with Gasteiger partial charge in [0.2, 0.25) is 5.91 Å². The summed E-state index contributed by atoms with van der Waals surface area (Å²) in [4.78, 5) is 26.1. The van der Waals surface area contributed by atoms with E-state index in [9.17, 15) is 14.9 Å². The SMILES string of the molecule is CC1=C(C(=O)OC(C)(C)C)C(c2ccc(Cl)cc2)C(C#N)=C(SCC(=O)Nc2ccc3ccccc3c2)N1. The van der Waals surface area contributed by atoms with Crippen LogP contribution < -0.4 is 10.6 Å². The van der Waals surface area contributed by atoms with Crippen molar-refractivity contribution in [1.82, 2.24) is 5.32 Å². The molecule has 1 atom stereocenters. The molecule has 0 spiro atoms. The lowest BCUT2D eigenvalue weighted by Gasteiger charge is -2.31. The third kappa shape index (κ3) is 6.39. The number of fused-ring (bicyclic) bond motifs is 1. The number of rotatable bonds is 6. The molecule has 0 saturated carbocycles. The number of amides is 1. The summed E-state index contributed by atoms with van der Waals surface area (Å²) in [5.74, 6) is -1.31. The molecule has 0 saturated heterocycles. The number of anilines is 1. The Bertz CT molecular complexity index is 1500. The second-order valence-electron chi connectivity index (χ2n) is 9.90. The Morgan fingerprint density at radius 3 is 2.42 bits per heavy atom. The van der Waals surface area contributed by atoms with Gasteiger partial charge in [-0.3, -0.25) is 4.79 Å². The zero-order valence-corrected chi connectivity index (χ0v) is 23.2. The minimum absolute atomic E-state index is 0.0722. The number of nitrogens with one attached hydrogen (secondary N) is 2. The summed E-state index contributed by atoms with van der Waals surface area (Å²) in [7, 11) is 0. The maximum absolute atomic E-state index is 13.3. The van der Waals surface area contributed by atoms with Crippen molar-refractivity contribution in [2.75, 3.05) is 11.1 Å². The number of carbonyl (C=O) groups is 2. The lowest BCUT2D eigenvalue weighted by molar-refractivity contribution is -0.150. The van der Waals surface area contributed by atoms with Gasteiger partial charge in [0.25, 0.3) is 0 Å². The number of carbonyl (C=O) groups excluding carboxylic acids is 2. The summed E-state index contributed by atoms with van der Waals surface area (Å²) in [5.41, 5.74) is 1.97. The number of hydrogen-bond acceptors (Lipinski definition) is 6. The first-order valence-corrected chi connectivity index (χ1v) is 13.4. The number of ether oxygens (including phenoxy) is 1. The molecule has 0 aliphatic carbocycles. The first-order chi connectivity index (χ1) is 18.1. The fourth-order valence-corrected chi connectivity index (χ4v) is 5.24. The zero-order chi connectivity index (χ0) is 27.4. The van der Waals surface area contributed by atoms with Crippen LogP contribution in [0.25, 0.3) is 10.8 Å². The van der Waals surface area contributed by atoms with Crippen LogP contribution in [0.5, 0.6) is 0 Å². The lowest BCUT2D eigenvalue weighted by atomic mass is 9.82. The van der Waals surface area contributed by atoms with E-state index in [-0.39, 0.29) is 11.7 Å². The van der Waals surface area contributed by atoms with Gasteiger partial charge in [0.1, 0.15) is 5.60 Å². The number of dihydropyridines is 1. The molecule has 0 radical (unpaired) electrons. The molecule has 0 aromatic heterocycles. The largest absolute Gasteiger partial charge is 0.457 e. The van der Waals surface area contributed by atoms with E-state index in [1.165, 1.54) is 11.8 Å². The summed E-state index contributed by atoms with van der Waals surface area (Å²) >= 11 is 7.32. The minimum Gasteiger partial charge on any atom is -0.457 e. The van der Waals surface area contributed by atoms with E-state index in [0.717, 1.165) is 16.3 Å². The number of hydrogen-bond donors (Lipinski definition) is 2. The van der Waals surface area contributed by atoms with Crippen molar-refractivity contribution in [3.63, 3.8) is 0 Å². The van der Waals surface area contributed by atoms with Crippen molar-refractivity contribution < 1.29 is 14.3 Å². The fraction of sp³-hybridized carbons (Fsp3) is 0.233. The van der Waals surface area contributed by atoms with Gasteiger partial charge in [0, 0.05) is 16.4 Å². The Balaban J connectivity index is 1.59. The average Bonchev–Trinajstić information content (AvgIpc) is 2.86. The molecule has 1 unspecified atom stereocenters. The van der Waals surface area contributed by atoms with Crippen molar-refractivity contribution in [1.29, 1.82) is 5.26 Å². The predicted molar refractivity (Wildman–Crippen MR) is 154 cm³/mol. The van der Waals surface area contributed by atoms with Crippen LogP contribution in [0.15, 0.2) is 88.6 Å². The van der Waals surface area contributed by atoms with Crippen LogP contribution in [-0.4, -0.2) is 23.2 Å². The van der Waals surface area contributed by atoms with E-state index >= 15 is 0 Å². The first kappa shape index (κ1) is 27.3. The van der Waals surface area contributed by atoms with Gasteiger partial charge in [-0.15, -0.1) is 0 Å². The molecule has 0 bridgehead atoms. The smallest absolute Gasteiger partial charge is 0.337 e. The van der Waals surface area contributed by atoms with Gasteiger partial charge in [0.15, 0.2) is 0 Å². The maximum Gasteiger partial charge on any atom is 0.337 e. The molecule has 6 nitrogen and oxygen atoms in total. The maximum atomic E-state index is 13.3. The standard InChI is InChI=1S/C30H28ClN3O3S/c1-18-26(29(36)37-30(2,3)4)27(20-9-12-22(31)13-10-20)24(16-32)28(33-18)38-17-25(35)34-23-14-11-19-7-5-6-8-21(19)15-23/h5-15,27,33H,17H2,1-4H3,(H,34,35). The van der Waals surface area contributed by atoms with Gasteiger partial charge in [-0.25, -0.2) is 4.79 Å². The Labute approximate surface area is 231 Å². The highest BCUT2D eigenvalue weighted by Gasteiger charge is 2.37. The summed E-state index contributed by atoms with van der Waals surface area (Å²) in [6, 6.07) is 23.0. The molecule has 3 aromatic carbocycles. The molecule has 1 heterocycles. The normalized spacial score (nSPS) is 15.6. The van der Waals surface area contributed by atoms with Gasteiger partial charge in [0.05, 0.1) is 33.9 Å². The molecule has 2 N–H and O–H groups in total. The van der Waals surface area contributed by atoms with Crippen LogP contribution in [0.1, 0.15) is 39.2 Å². The van der Waals surface area contributed by atoms with Crippen LogP contribution in [0, 0.1) is 11.3 Å². The molecule has 3 aromatic rings. The minimum atomic E-state index is -0.707. The third-order valence-corrected chi connectivity index (χ3v) is 7.12. The summed E-state index contributed by atoms with van der Waals surface area (Å²) in [6.45, 7) is 7.16. The van der Waals surface area contributed by atoms with Crippen molar-refractivity contribution in [2.45, 2.75) is 39.2 Å². The van der Waals surface area contributed by atoms with Crippen LogP contribution >= 0.6 is 23.4 Å². The number of halogens is 1. The Hall–Kier alpha value is -3.73. The quantitative estimate of drug-likeness (QED) is 0.327. The zero-order valence-electron chi connectivity index (χ0n) is 21.6. The van der Waals surface area contributed by atoms with Crippen molar-refractivity contribution in [2.24, 2.45) is 0 Å². The highest BCUT2D eigenvalue weighted by molar-refractivity contribution is 8.03. The molecular formula is C30H28ClN3O3S. The molecule has 1 amide bonds. The Morgan fingerprint density at radius 2 is 1.76 bits per heavy atom. The highest BCUT2D eigenvalue weighted by Crippen LogP contribution is 2.41. The molecule has 1 aliphatic rings. The lowest BCUT2D eigenvalue weighted by Crippen LogP contribution is -2.32. The fourth-order valence-electron chi connectivity index (χ4n) is 4.22. The van der Waals surface area contributed by atoms with Gasteiger partial charge < -0.3 is 15.4 Å². The molecule has 8 heteroatoms. The van der Waals surface area contributed by atoms with Gasteiger partial charge in [-0.2, -0.15) is 5.26 Å². The molecule has 1 aliphatic heterocycles. The second-order valence-corrected chi connectivity index (χ2v) is 11.3. The molecule has 0 fully saturated rings. The van der Waals surface area contributed by atoms with E-state index in [2.05, 4.69) is 16.7 Å². The van der Waals surface area contributed by atoms with Crippen LogP contribution in [0.4, 0.5) is 5.69 Å². The van der Waals surface area contributed by atoms with E-state index in [0.29, 0.717) is 32.6 Å². The van der Waals surface area contributed by atoms with E-state index in [1.807, 2.05) is 42.5 Å². The topological polar surface area (TPSA) is 91.2 Å². The van der Waals surface area contributed by atoms with Crippen LogP contribution in [0.2, 0.25) is 5.02 Å². The number of thioether (sulfide) groups is 1. The number of benzene rings is 3. The number of allylic oxidation sites excluding steroid dienone is 2. The molecular weight excluding hydrogens is 518 g/mol. The Kier molecular flexibility index (Phi) is 8.15. The monoisotopic (exact) mass is 545 g/mol. The third-order valence-electron chi connectivity index (χ3n) is 5.85. The van der Waals surface area contributed by atoms with Crippen LogP contribution in [0.3, 0.4) is 0 Å². The Morgan fingerprint density at radius 1 is 1.08 bits per heavy atom. The van der Waals surface area contributed by atoms with Crippen molar-refractivity contribution >= 4 is 51.7 Å². The van der Waals surface area contributed by atoms with Crippen molar-refractivity contribution in [3.8, 4) is 6.07 Å². The predicted octanol–water partition coefficient (Wildman–Crippen LogP) is 6.90. The number of nitriles is 1. The summed E-state index contributed by atoms with van der Waals surface area (Å²) in [6.07, 6.45) is 0. The average molecular weight is 546 g/mol. The van der Waals surface area contributed by atoms with E-state index < -0.39 is 17.5 Å². The number of esters is 1. The van der Waals surface area contributed by atoms with Gasteiger partial charge in [-0.05, 0) is 68.3 Å². The van der Waals surface area contributed by atoms with Crippen molar-refractivity contribution in [3.05, 3.63) is 99.2 Å². The first-order valence-electron chi connectivity index (χ1n) is 12.1. The van der Waals surface area contributed by atoms with E-state index in [4.69, 9.17) is 16.3 Å². The molecule has 194 valence electrons. The number of nitrogens with zero attached hydrogens (tertiary/aromatic N) is 1. The van der Waals surface area contributed by atoms with Gasteiger partial charge in [-0.1, -0.05) is 65.8 Å². The van der Waals surface area contributed by atoms with E-state index in [1.54, 1.807) is 52.0 Å². The van der Waals surface area contributed by atoms with Gasteiger partial charge >= 0.3 is 5.97 Å². The highest BCUT2D eigenvalue weighted by atomic mass is 35.5. The molecule has 4 rings (SSSR count).